The summed E-state index contributed by atoms with van der Waals surface area (Å²) in [4.78, 5) is 14.4. The molecule has 0 radical (unpaired) electrons. The molecule has 0 saturated heterocycles. The number of ketones is 1. The standard InChI is InChI=1S/C14H17BrOS/c1-8-12(15)7-14(17-8)13(16)6-11-5-9-2-3-10(11)4-9/h7,9-11H,2-6H2,1H3. The van der Waals surface area contributed by atoms with Gasteiger partial charge in [-0.2, -0.15) is 0 Å². The Balaban J connectivity index is 1.67. The SMILES string of the molecule is Cc1sc(C(=O)CC2CC3CCC2C3)cc1Br. The number of hydrogen-bond acceptors (Lipinski definition) is 2. The molecule has 1 aromatic rings. The highest BCUT2D eigenvalue weighted by Crippen LogP contribution is 2.50. The van der Waals surface area contributed by atoms with Crippen LogP contribution in [0.5, 0.6) is 0 Å². The molecule has 0 aromatic carbocycles. The summed E-state index contributed by atoms with van der Waals surface area (Å²) >= 11 is 5.12. The Kier molecular flexibility index (Phi) is 3.16. The van der Waals surface area contributed by atoms with Crippen molar-refractivity contribution >= 4 is 33.0 Å². The second-order valence-corrected chi connectivity index (χ2v) is 7.69. The summed E-state index contributed by atoms with van der Waals surface area (Å²) in [6.07, 6.45) is 6.27. The van der Waals surface area contributed by atoms with Gasteiger partial charge in [-0.1, -0.05) is 6.42 Å². The highest BCUT2D eigenvalue weighted by molar-refractivity contribution is 9.10. The van der Waals surface area contributed by atoms with Crippen LogP contribution in [-0.2, 0) is 0 Å². The Morgan fingerprint density at radius 3 is 2.82 bits per heavy atom. The van der Waals surface area contributed by atoms with E-state index in [1.165, 1.54) is 30.6 Å². The van der Waals surface area contributed by atoms with Crippen molar-refractivity contribution in [3.63, 3.8) is 0 Å². The molecule has 2 saturated carbocycles. The minimum Gasteiger partial charge on any atom is -0.293 e. The van der Waals surface area contributed by atoms with Crippen molar-refractivity contribution in [2.75, 3.05) is 0 Å². The van der Waals surface area contributed by atoms with E-state index in [4.69, 9.17) is 0 Å². The van der Waals surface area contributed by atoms with Gasteiger partial charge in [-0.05, 0) is 65.9 Å². The summed E-state index contributed by atoms with van der Waals surface area (Å²) in [5.41, 5.74) is 0. The molecule has 0 spiro atoms. The topological polar surface area (TPSA) is 17.1 Å². The van der Waals surface area contributed by atoms with E-state index in [-0.39, 0.29) is 0 Å². The van der Waals surface area contributed by atoms with Crippen molar-refractivity contribution in [2.24, 2.45) is 17.8 Å². The highest BCUT2D eigenvalue weighted by Gasteiger charge is 2.40. The molecule has 0 N–H and O–H groups in total. The lowest BCUT2D eigenvalue weighted by Gasteiger charge is -2.20. The van der Waals surface area contributed by atoms with Gasteiger partial charge in [0.25, 0.3) is 0 Å². The predicted molar refractivity (Wildman–Crippen MR) is 74.6 cm³/mol. The van der Waals surface area contributed by atoms with Crippen LogP contribution in [0.25, 0.3) is 0 Å². The number of rotatable bonds is 3. The molecule has 3 unspecified atom stereocenters. The second-order valence-electron chi connectivity index (χ2n) is 5.58. The molecule has 0 amide bonds. The number of Topliss-reactive ketones (excluding diaryl/α,β-unsaturated/α-hetero) is 1. The molecule has 3 rings (SSSR count). The number of halogens is 1. The third kappa shape index (κ3) is 2.24. The third-order valence-electron chi connectivity index (χ3n) is 4.46. The monoisotopic (exact) mass is 312 g/mol. The zero-order chi connectivity index (χ0) is 12.0. The first-order valence-electron chi connectivity index (χ1n) is 6.42. The third-order valence-corrected chi connectivity index (χ3v) is 6.64. The summed E-state index contributed by atoms with van der Waals surface area (Å²) in [6.45, 7) is 2.06. The smallest absolute Gasteiger partial charge is 0.173 e. The van der Waals surface area contributed by atoms with Crippen LogP contribution in [-0.4, -0.2) is 5.78 Å². The molecule has 1 aromatic heterocycles. The minimum absolute atomic E-state index is 0.362. The minimum atomic E-state index is 0.362. The molecule has 0 aliphatic heterocycles. The Bertz CT molecular complexity index is 432. The van der Waals surface area contributed by atoms with Crippen LogP contribution >= 0.6 is 27.3 Å². The van der Waals surface area contributed by atoms with Crippen LogP contribution in [0.2, 0.25) is 0 Å². The first kappa shape index (κ1) is 11.9. The van der Waals surface area contributed by atoms with Crippen LogP contribution in [0.3, 0.4) is 0 Å². The predicted octanol–water partition coefficient (Wildman–Crippen LogP) is 4.83. The van der Waals surface area contributed by atoms with E-state index in [9.17, 15) is 4.79 Å². The van der Waals surface area contributed by atoms with Gasteiger partial charge in [0.05, 0.1) is 4.88 Å². The second kappa shape index (κ2) is 4.51. The van der Waals surface area contributed by atoms with E-state index in [0.29, 0.717) is 11.7 Å². The molecule has 2 fully saturated rings. The molecule has 2 aliphatic rings. The molecule has 17 heavy (non-hydrogen) atoms. The maximum Gasteiger partial charge on any atom is 0.173 e. The lowest BCUT2D eigenvalue weighted by atomic mass is 9.85. The van der Waals surface area contributed by atoms with E-state index in [0.717, 1.165) is 27.6 Å². The molecule has 2 aliphatic carbocycles. The van der Waals surface area contributed by atoms with Crippen molar-refractivity contribution in [1.82, 2.24) is 0 Å². The van der Waals surface area contributed by atoms with E-state index in [1.54, 1.807) is 11.3 Å². The quantitative estimate of drug-likeness (QED) is 0.731. The van der Waals surface area contributed by atoms with Crippen molar-refractivity contribution in [1.29, 1.82) is 0 Å². The lowest BCUT2D eigenvalue weighted by molar-refractivity contribution is 0.0948. The molecular formula is C14H17BrOS. The summed E-state index contributed by atoms with van der Waals surface area (Å²) in [5, 5.41) is 0. The van der Waals surface area contributed by atoms with Crippen molar-refractivity contribution in [3.05, 3.63) is 20.3 Å². The number of aryl methyl sites for hydroxylation is 1. The van der Waals surface area contributed by atoms with Gasteiger partial charge in [0, 0.05) is 15.8 Å². The van der Waals surface area contributed by atoms with Gasteiger partial charge in [-0.25, -0.2) is 0 Å². The number of carbonyl (C=O) groups excluding carboxylic acids is 1. The normalized spacial score (nSPS) is 31.1. The van der Waals surface area contributed by atoms with Crippen LogP contribution in [0.15, 0.2) is 10.5 Å². The summed E-state index contributed by atoms with van der Waals surface area (Å²) in [7, 11) is 0. The lowest BCUT2D eigenvalue weighted by Crippen LogP contribution is -2.14. The van der Waals surface area contributed by atoms with Gasteiger partial charge in [0.2, 0.25) is 0 Å². The number of hydrogen-bond donors (Lipinski definition) is 0. The number of fused-ring (bicyclic) bond motifs is 2. The molecule has 1 heterocycles. The van der Waals surface area contributed by atoms with E-state index < -0.39 is 0 Å². The number of carbonyl (C=O) groups is 1. The summed E-state index contributed by atoms with van der Waals surface area (Å²) < 4.78 is 1.08. The van der Waals surface area contributed by atoms with Crippen molar-refractivity contribution in [2.45, 2.75) is 39.0 Å². The summed E-state index contributed by atoms with van der Waals surface area (Å²) in [6, 6.07) is 2.00. The highest BCUT2D eigenvalue weighted by atomic mass is 79.9. The molecule has 3 heteroatoms. The Labute approximate surface area is 115 Å². The first-order chi connectivity index (χ1) is 8.13. The fourth-order valence-electron chi connectivity index (χ4n) is 3.56. The van der Waals surface area contributed by atoms with Gasteiger partial charge < -0.3 is 0 Å². The molecule has 1 nitrogen and oxygen atoms in total. The van der Waals surface area contributed by atoms with Crippen LogP contribution in [0.4, 0.5) is 0 Å². The van der Waals surface area contributed by atoms with E-state index in [2.05, 4.69) is 22.9 Å². The Hall–Kier alpha value is -0.150. The molecule has 92 valence electrons. The maximum absolute atomic E-state index is 12.2. The van der Waals surface area contributed by atoms with E-state index >= 15 is 0 Å². The largest absolute Gasteiger partial charge is 0.293 e. The number of thiophene rings is 1. The Morgan fingerprint density at radius 1 is 1.47 bits per heavy atom. The van der Waals surface area contributed by atoms with Crippen LogP contribution in [0.1, 0.15) is 46.7 Å². The van der Waals surface area contributed by atoms with E-state index in [1.807, 2.05) is 6.07 Å². The molecule has 2 bridgehead atoms. The maximum atomic E-state index is 12.2. The van der Waals surface area contributed by atoms with Crippen molar-refractivity contribution < 1.29 is 4.79 Å². The average molecular weight is 313 g/mol. The van der Waals surface area contributed by atoms with Gasteiger partial charge in [0.1, 0.15) is 0 Å². The zero-order valence-corrected chi connectivity index (χ0v) is 12.4. The van der Waals surface area contributed by atoms with Crippen molar-refractivity contribution in [3.8, 4) is 0 Å². The molecule has 3 atom stereocenters. The van der Waals surface area contributed by atoms with Gasteiger partial charge in [0.15, 0.2) is 5.78 Å². The first-order valence-corrected chi connectivity index (χ1v) is 8.03. The average Bonchev–Trinajstić information content (AvgIpc) is 2.95. The fraction of sp³-hybridized carbons (Fsp3) is 0.643. The molecular weight excluding hydrogens is 296 g/mol. The summed E-state index contributed by atoms with van der Waals surface area (Å²) in [5.74, 6) is 2.84. The van der Waals surface area contributed by atoms with Gasteiger partial charge in [-0.15, -0.1) is 11.3 Å². The van der Waals surface area contributed by atoms with Gasteiger partial charge in [-0.3, -0.25) is 4.79 Å². The fourth-order valence-corrected chi connectivity index (χ4v) is 5.05. The zero-order valence-electron chi connectivity index (χ0n) is 10.0. The van der Waals surface area contributed by atoms with Gasteiger partial charge >= 0.3 is 0 Å². The Morgan fingerprint density at radius 2 is 2.29 bits per heavy atom. The van der Waals surface area contributed by atoms with Crippen LogP contribution in [0, 0.1) is 24.7 Å². The van der Waals surface area contributed by atoms with Crippen LogP contribution < -0.4 is 0 Å².